The molecule has 3 aromatic carbocycles. The molecule has 0 N–H and O–H groups in total. The molecule has 4 rings (SSSR count). The Hall–Kier alpha value is -2.34. The third-order valence-electron chi connectivity index (χ3n) is 4.38. The summed E-state index contributed by atoms with van der Waals surface area (Å²) in [5, 5.41) is 6.91. The molecule has 0 spiro atoms. The van der Waals surface area contributed by atoms with Crippen molar-refractivity contribution >= 4 is 33.7 Å². The van der Waals surface area contributed by atoms with Gasteiger partial charge in [-0.2, -0.15) is 0 Å². The van der Waals surface area contributed by atoms with Gasteiger partial charge in [-0.1, -0.05) is 87.5 Å². The van der Waals surface area contributed by atoms with Gasteiger partial charge in [0, 0.05) is 0 Å². The fourth-order valence-corrected chi connectivity index (χ4v) is 3.45. The average Bonchev–Trinajstić information content (AvgIpc) is 2.63. The number of benzene rings is 3. The highest BCUT2D eigenvalue weighted by Crippen LogP contribution is 2.31. The zero-order chi connectivity index (χ0) is 16.2. The summed E-state index contributed by atoms with van der Waals surface area (Å²) in [6.45, 7) is 6.19. The van der Waals surface area contributed by atoms with Crippen molar-refractivity contribution in [1.29, 1.82) is 0 Å². The normalized spacial score (nSPS) is 13.0. The van der Waals surface area contributed by atoms with Gasteiger partial charge in [0.2, 0.25) is 0 Å². The van der Waals surface area contributed by atoms with Gasteiger partial charge in [-0.3, -0.25) is 0 Å². The first-order chi connectivity index (χ1) is 11.4. The SMILES string of the molecule is CC.CC/C=C\c1c2c(c3cccc4cccc1c43)=CC=CC2. The second kappa shape index (κ2) is 6.83. The quantitative estimate of drug-likeness (QED) is 0.540. The van der Waals surface area contributed by atoms with Gasteiger partial charge in [-0.25, -0.2) is 0 Å². The highest BCUT2D eigenvalue weighted by atomic mass is 14.2. The molecule has 0 atom stereocenters. The molecular formula is C23H24. The molecule has 0 saturated carbocycles. The molecule has 0 aliphatic heterocycles. The van der Waals surface area contributed by atoms with Gasteiger partial charge in [-0.05, 0) is 50.7 Å². The van der Waals surface area contributed by atoms with E-state index in [1.165, 1.54) is 37.9 Å². The monoisotopic (exact) mass is 300 g/mol. The Morgan fingerprint density at radius 2 is 1.74 bits per heavy atom. The lowest BCUT2D eigenvalue weighted by Crippen LogP contribution is -2.15. The van der Waals surface area contributed by atoms with Crippen LogP contribution in [0.5, 0.6) is 0 Å². The van der Waals surface area contributed by atoms with Gasteiger partial charge in [0.05, 0.1) is 0 Å². The van der Waals surface area contributed by atoms with Crippen molar-refractivity contribution in [1.82, 2.24) is 0 Å². The maximum Gasteiger partial charge on any atom is -0.00266 e. The lowest BCUT2D eigenvalue weighted by molar-refractivity contribution is 1.22. The minimum absolute atomic E-state index is 1.03. The summed E-state index contributed by atoms with van der Waals surface area (Å²) < 4.78 is 0. The van der Waals surface area contributed by atoms with E-state index in [0.717, 1.165) is 12.8 Å². The van der Waals surface area contributed by atoms with Crippen LogP contribution >= 0.6 is 0 Å². The van der Waals surface area contributed by atoms with Crippen LogP contribution in [0.4, 0.5) is 0 Å². The molecule has 1 aliphatic rings. The Bertz CT molecular complexity index is 934. The topological polar surface area (TPSA) is 0 Å². The minimum atomic E-state index is 1.03. The smallest absolute Gasteiger partial charge is 0.00266 e. The molecule has 0 aromatic heterocycles. The van der Waals surface area contributed by atoms with E-state index in [2.05, 4.69) is 73.7 Å². The van der Waals surface area contributed by atoms with Gasteiger partial charge >= 0.3 is 0 Å². The molecule has 0 unspecified atom stereocenters. The summed E-state index contributed by atoms with van der Waals surface area (Å²) in [6, 6.07) is 13.3. The molecule has 3 aromatic rings. The van der Waals surface area contributed by atoms with E-state index < -0.39 is 0 Å². The molecule has 0 saturated heterocycles. The summed E-state index contributed by atoms with van der Waals surface area (Å²) in [5.74, 6) is 0. The van der Waals surface area contributed by atoms with E-state index in [4.69, 9.17) is 0 Å². The average molecular weight is 300 g/mol. The van der Waals surface area contributed by atoms with Crippen LogP contribution < -0.4 is 5.22 Å². The summed E-state index contributed by atoms with van der Waals surface area (Å²) >= 11 is 0. The van der Waals surface area contributed by atoms with Crippen molar-refractivity contribution in [2.24, 2.45) is 0 Å². The molecule has 0 fully saturated rings. The van der Waals surface area contributed by atoms with Crippen LogP contribution in [-0.2, 0) is 6.42 Å². The number of hydrogen-bond donors (Lipinski definition) is 0. The van der Waals surface area contributed by atoms with Crippen LogP contribution in [0.25, 0.3) is 33.7 Å². The highest BCUT2D eigenvalue weighted by molar-refractivity contribution is 6.13. The Morgan fingerprint density at radius 1 is 1.00 bits per heavy atom. The molecule has 23 heavy (non-hydrogen) atoms. The van der Waals surface area contributed by atoms with Crippen LogP contribution in [0.3, 0.4) is 0 Å². The Morgan fingerprint density at radius 3 is 2.48 bits per heavy atom. The second-order valence-electron chi connectivity index (χ2n) is 5.62. The molecule has 1 aliphatic carbocycles. The third-order valence-corrected chi connectivity index (χ3v) is 4.38. The maximum atomic E-state index is 2.31. The Balaban J connectivity index is 0.000000753. The molecule has 0 radical (unpaired) electrons. The van der Waals surface area contributed by atoms with Crippen molar-refractivity contribution in [3.8, 4) is 0 Å². The molecule has 0 heteroatoms. The van der Waals surface area contributed by atoms with Gasteiger partial charge in [-0.15, -0.1) is 0 Å². The Labute approximate surface area is 138 Å². The van der Waals surface area contributed by atoms with E-state index in [-0.39, 0.29) is 0 Å². The van der Waals surface area contributed by atoms with Crippen molar-refractivity contribution in [3.05, 3.63) is 71.0 Å². The van der Waals surface area contributed by atoms with Crippen molar-refractivity contribution < 1.29 is 0 Å². The first-order valence-electron chi connectivity index (χ1n) is 8.69. The number of hydrogen-bond acceptors (Lipinski definition) is 0. The van der Waals surface area contributed by atoms with E-state index in [1.54, 1.807) is 0 Å². The standard InChI is InChI=1S/C21H18.C2H6/c1-2-3-10-17-16-11-4-5-12-18(16)20-14-7-9-15-8-6-13-19(17)21(15)20;1-2/h3-10,12-14H,2,11H2,1H3;1-2H3/b10-3-;. The number of rotatable bonds is 2. The summed E-state index contributed by atoms with van der Waals surface area (Å²) in [7, 11) is 0. The van der Waals surface area contributed by atoms with Gasteiger partial charge in [0.25, 0.3) is 0 Å². The predicted octanol–water partition coefficient (Wildman–Crippen LogP) is 6.05. The van der Waals surface area contributed by atoms with E-state index in [9.17, 15) is 0 Å². The van der Waals surface area contributed by atoms with E-state index in [0.29, 0.717) is 0 Å². The van der Waals surface area contributed by atoms with Gasteiger partial charge < -0.3 is 0 Å². The molecular weight excluding hydrogens is 276 g/mol. The van der Waals surface area contributed by atoms with Crippen molar-refractivity contribution in [2.75, 3.05) is 0 Å². The zero-order valence-corrected chi connectivity index (χ0v) is 14.3. The van der Waals surface area contributed by atoms with Crippen LogP contribution in [0.1, 0.15) is 38.3 Å². The summed E-state index contributed by atoms with van der Waals surface area (Å²) in [5.41, 5.74) is 2.87. The number of fused-ring (bicyclic) bond motifs is 2. The molecule has 0 amide bonds. The van der Waals surface area contributed by atoms with Crippen LogP contribution in [-0.4, -0.2) is 0 Å². The molecule has 0 bridgehead atoms. The third kappa shape index (κ3) is 2.59. The van der Waals surface area contributed by atoms with E-state index >= 15 is 0 Å². The van der Waals surface area contributed by atoms with Gasteiger partial charge in [0.15, 0.2) is 0 Å². The molecule has 116 valence electrons. The fraction of sp³-hybridized carbons (Fsp3) is 0.217. The van der Waals surface area contributed by atoms with Crippen LogP contribution in [0.15, 0.2) is 54.6 Å². The molecule has 0 heterocycles. The summed E-state index contributed by atoms with van der Waals surface area (Å²) in [6.07, 6.45) is 13.4. The minimum Gasteiger partial charge on any atom is -0.0842 e. The lowest BCUT2D eigenvalue weighted by Gasteiger charge is -2.16. The summed E-state index contributed by atoms with van der Waals surface area (Å²) in [4.78, 5) is 0. The fourth-order valence-electron chi connectivity index (χ4n) is 3.45. The van der Waals surface area contributed by atoms with E-state index in [1.807, 2.05) is 13.8 Å². The molecule has 0 nitrogen and oxygen atoms in total. The predicted molar refractivity (Wildman–Crippen MR) is 105 cm³/mol. The zero-order valence-electron chi connectivity index (χ0n) is 14.3. The van der Waals surface area contributed by atoms with Gasteiger partial charge in [0.1, 0.15) is 0 Å². The first kappa shape index (κ1) is 15.6. The maximum absolute atomic E-state index is 2.31. The first-order valence-corrected chi connectivity index (χ1v) is 8.69. The van der Waals surface area contributed by atoms with Crippen LogP contribution in [0.2, 0.25) is 0 Å². The van der Waals surface area contributed by atoms with Crippen LogP contribution in [0, 0.1) is 0 Å². The lowest BCUT2D eigenvalue weighted by atomic mass is 9.88. The second-order valence-corrected chi connectivity index (χ2v) is 5.62. The van der Waals surface area contributed by atoms with Crippen molar-refractivity contribution in [2.45, 2.75) is 33.6 Å². The number of allylic oxidation sites excluding steroid dienone is 3. The Kier molecular flexibility index (Phi) is 4.62. The highest BCUT2D eigenvalue weighted by Gasteiger charge is 2.13. The van der Waals surface area contributed by atoms with Crippen molar-refractivity contribution in [3.63, 3.8) is 0 Å². The largest absolute Gasteiger partial charge is 0.0842 e.